The van der Waals surface area contributed by atoms with Crippen molar-refractivity contribution in [1.82, 2.24) is 10.2 Å². The minimum Gasteiger partial charge on any atom is -0.433 e. The Morgan fingerprint density at radius 1 is 1.14 bits per heavy atom. The molecule has 0 saturated carbocycles. The average Bonchev–Trinajstić information content (AvgIpc) is 2.67. The molecule has 1 fully saturated rings. The van der Waals surface area contributed by atoms with Crippen LogP contribution in [0.15, 0.2) is 48.5 Å². The Hall–Kier alpha value is -2.67. The minimum absolute atomic E-state index is 0.0390. The van der Waals surface area contributed by atoms with Crippen molar-refractivity contribution in [1.29, 1.82) is 0 Å². The summed E-state index contributed by atoms with van der Waals surface area (Å²) >= 11 is 0. The fraction of sp³-hybridized carbons (Fsp3) is 0.381. The molecule has 0 aliphatic carbocycles. The average molecular weight is 389 g/mol. The Bertz CT molecular complexity index is 778. The van der Waals surface area contributed by atoms with Crippen LogP contribution >= 0.6 is 0 Å². The van der Waals surface area contributed by atoms with Gasteiger partial charge in [0.05, 0.1) is 5.69 Å². The molecule has 7 heteroatoms. The van der Waals surface area contributed by atoms with E-state index in [0.29, 0.717) is 5.56 Å². The lowest BCUT2D eigenvalue weighted by molar-refractivity contribution is -0.0493. The molecule has 2 N–H and O–H groups in total. The van der Waals surface area contributed by atoms with E-state index < -0.39 is 12.6 Å². The molecule has 3 rings (SSSR count). The van der Waals surface area contributed by atoms with E-state index in [4.69, 9.17) is 0 Å². The predicted octanol–water partition coefficient (Wildman–Crippen LogP) is 4.38. The van der Waals surface area contributed by atoms with Crippen LogP contribution in [0.1, 0.15) is 24.0 Å². The van der Waals surface area contributed by atoms with Crippen molar-refractivity contribution in [2.24, 2.45) is 0 Å². The second-order valence-corrected chi connectivity index (χ2v) is 6.96. The first kappa shape index (κ1) is 20.1. The van der Waals surface area contributed by atoms with Gasteiger partial charge < -0.3 is 15.4 Å². The number of nitrogens with one attached hydrogen (secondary N) is 2. The number of carbonyl (C=O) groups is 1. The zero-order chi connectivity index (χ0) is 19.9. The van der Waals surface area contributed by atoms with E-state index in [2.05, 4.69) is 32.4 Å². The highest BCUT2D eigenvalue weighted by Crippen LogP contribution is 2.29. The summed E-state index contributed by atoms with van der Waals surface area (Å²) in [5.74, 6) is -0.0390. The van der Waals surface area contributed by atoms with E-state index in [1.807, 2.05) is 18.2 Å². The first-order valence-corrected chi connectivity index (χ1v) is 9.39. The predicted molar refractivity (Wildman–Crippen MR) is 105 cm³/mol. The number of hydrogen-bond donors (Lipinski definition) is 2. The first-order chi connectivity index (χ1) is 13.5. The lowest BCUT2D eigenvalue weighted by Gasteiger charge is -2.32. The number of urea groups is 1. The van der Waals surface area contributed by atoms with Crippen LogP contribution in [0.4, 0.5) is 19.3 Å². The summed E-state index contributed by atoms with van der Waals surface area (Å²) in [7, 11) is 0. The van der Waals surface area contributed by atoms with Gasteiger partial charge in [0.2, 0.25) is 0 Å². The number of amides is 2. The Balaban J connectivity index is 1.50. The number of alkyl halides is 2. The molecule has 0 atom stereocenters. The van der Waals surface area contributed by atoms with Gasteiger partial charge in [-0.05, 0) is 37.0 Å². The molecule has 0 spiro atoms. The maximum atomic E-state index is 12.6. The van der Waals surface area contributed by atoms with Crippen molar-refractivity contribution in [2.45, 2.75) is 39.0 Å². The second kappa shape index (κ2) is 9.50. The van der Waals surface area contributed by atoms with Crippen LogP contribution in [0.5, 0.6) is 5.75 Å². The zero-order valence-corrected chi connectivity index (χ0v) is 15.8. The zero-order valence-electron chi connectivity index (χ0n) is 15.8. The number of benzene rings is 2. The number of piperidine rings is 1. The molecule has 150 valence electrons. The summed E-state index contributed by atoms with van der Waals surface area (Å²) in [5.41, 5.74) is 2.20. The summed E-state index contributed by atoms with van der Waals surface area (Å²) in [6.07, 6.45) is 1.68. The summed E-state index contributed by atoms with van der Waals surface area (Å²) in [4.78, 5) is 14.7. The molecule has 0 bridgehead atoms. The molecular weight excluding hydrogens is 364 g/mol. The Kier molecular flexibility index (Phi) is 6.81. The third-order valence-corrected chi connectivity index (χ3v) is 4.86. The number of likely N-dealkylation sites (tertiary alicyclic amines) is 1. The van der Waals surface area contributed by atoms with Crippen LogP contribution < -0.4 is 15.4 Å². The smallest absolute Gasteiger partial charge is 0.387 e. The van der Waals surface area contributed by atoms with Gasteiger partial charge in [-0.1, -0.05) is 42.5 Å². The molecule has 28 heavy (non-hydrogen) atoms. The van der Waals surface area contributed by atoms with Crippen molar-refractivity contribution in [3.8, 4) is 5.75 Å². The van der Waals surface area contributed by atoms with E-state index in [9.17, 15) is 13.6 Å². The summed E-state index contributed by atoms with van der Waals surface area (Å²) < 4.78 is 29.7. The number of ether oxygens (including phenoxy) is 1. The highest BCUT2D eigenvalue weighted by Gasteiger charge is 2.22. The molecule has 2 aromatic carbocycles. The standard InChI is InChI=1S/C21H25F2N3O2/c1-15-6-5-9-18(28-20(22)23)19(15)25-21(27)24-17-10-12-26(13-11-17)14-16-7-3-2-4-8-16/h2-9,17,20H,10-14H2,1H3,(H2,24,25,27). The fourth-order valence-electron chi connectivity index (χ4n) is 3.41. The maximum absolute atomic E-state index is 12.6. The van der Waals surface area contributed by atoms with E-state index >= 15 is 0 Å². The molecule has 0 aromatic heterocycles. The summed E-state index contributed by atoms with van der Waals surface area (Å²) in [5, 5.41) is 5.60. The van der Waals surface area contributed by atoms with E-state index in [1.54, 1.807) is 19.1 Å². The van der Waals surface area contributed by atoms with Crippen LogP contribution in [-0.2, 0) is 6.54 Å². The molecule has 1 aliphatic rings. The Labute approximate surface area is 163 Å². The molecule has 1 aliphatic heterocycles. The molecule has 5 nitrogen and oxygen atoms in total. The fourth-order valence-corrected chi connectivity index (χ4v) is 3.41. The lowest BCUT2D eigenvalue weighted by Crippen LogP contribution is -2.45. The molecule has 1 saturated heterocycles. The van der Waals surface area contributed by atoms with Gasteiger partial charge in [0.25, 0.3) is 0 Å². The highest BCUT2D eigenvalue weighted by atomic mass is 19.3. The molecule has 2 aromatic rings. The van der Waals surface area contributed by atoms with Crippen LogP contribution in [0.3, 0.4) is 0 Å². The third-order valence-electron chi connectivity index (χ3n) is 4.86. The largest absolute Gasteiger partial charge is 0.433 e. The Morgan fingerprint density at radius 3 is 2.54 bits per heavy atom. The lowest BCUT2D eigenvalue weighted by atomic mass is 10.0. The highest BCUT2D eigenvalue weighted by molar-refractivity contribution is 5.92. The number of hydrogen-bond acceptors (Lipinski definition) is 3. The quantitative estimate of drug-likeness (QED) is 0.771. The summed E-state index contributed by atoms with van der Waals surface area (Å²) in [6.45, 7) is 1.47. The number of nitrogens with zero attached hydrogens (tertiary/aromatic N) is 1. The number of carbonyl (C=O) groups excluding carboxylic acids is 1. The van der Waals surface area contributed by atoms with Gasteiger partial charge in [0.1, 0.15) is 5.75 Å². The molecule has 0 unspecified atom stereocenters. The SMILES string of the molecule is Cc1cccc(OC(F)F)c1NC(=O)NC1CCN(Cc2ccccc2)CC1. The number of anilines is 1. The van der Waals surface area contributed by atoms with E-state index in [1.165, 1.54) is 11.6 Å². The van der Waals surface area contributed by atoms with Crippen molar-refractivity contribution in [2.75, 3.05) is 18.4 Å². The van der Waals surface area contributed by atoms with Crippen LogP contribution in [0.25, 0.3) is 0 Å². The van der Waals surface area contributed by atoms with Crippen LogP contribution in [-0.4, -0.2) is 36.7 Å². The third kappa shape index (κ3) is 5.66. The van der Waals surface area contributed by atoms with Gasteiger partial charge in [-0.25, -0.2) is 4.79 Å². The van der Waals surface area contributed by atoms with Gasteiger partial charge in [-0.15, -0.1) is 0 Å². The summed E-state index contributed by atoms with van der Waals surface area (Å²) in [6, 6.07) is 14.7. The van der Waals surface area contributed by atoms with Gasteiger partial charge in [0.15, 0.2) is 0 Å². The molecular formula is C21H25F2N3O2. The first-order valence-electron chi connectivity index (χ1n) is 9.39. The van der Waals surface area contributed by atoms with Crippen molar-refractivity contribution < 1.29 is 18.3 Å². The molecule has 0 radical (unpaired) electrons. The Morgan fingerprint density at radius 2 is 1.86 bits per heavy atom. The number of halogens is 2. The van der Waals surface area contributed by atoms with Gasteiger partial charge in [-0.2, -0.15) is 8.78 Å². The number of rotatable bonds is 6. The minimum atomic E-state index is -2.95. The normalized spacial score (nSPS) is 15.4. The molecule has 2 amide bonds. The van der Waals surface area contributed by atoms with E-state index in [0.717, 1.165) is 32.5 Å². The number of aryl methyl sites for hydroxylation is 1. The monoisotopic (exact) mass is 389 g/mol. The van der Waals surface area contributed by atoms with E-state index in [-0.39, 0.29) is 17.5 Å². The van der Waals surface area contributed by atoms with Crippen molar-refractivity contribution >= 4 is 11.7 Å². The van der Waals surface area contributed by atoms with Crippen molar-refractivity contribution in [3.05, 3.63) is 59.7 Å². The van der Waals surface area contributed by atoms with Crippen molar-refractivity contribution in [3.63, 3.8) is 0 Å². The van der Waals surface area contributed by atoms with Gasteiger partial charge in [-0.3, -0.25) is 4.90 Å². The van der Waals surface area contributed by atoms with Gasteiger partial charge in [0, 0.05) is 25.7 Å². The molecule has 1 heterocycles. The topological polar surface area (TPSA) is 53.6 Å². The second-order valence-electron chi connectivity index (χ2n) is 6.96. The van der Waals surface area contributed by atoms with Crippen LogP contribution in [0, 0.1) is 6.92 Å². The number of para-hydroxylation sites is 1. The maximum Gasteiger partial charge on any atom is 0.387 e. The van der Waals surface area contributed by atoms with Gasteiger partial charge >= 0.3 is 12.6 Å². The van der Waals surface area contributed by atoms with Crippen LogP contribution in [0.2, 0.25) is 0 Å².